The van der Waals surface area contributed by atoms with Crippen molar-refractivity contribution in [1.82, 2.24) is 9.13 Å². The van der Waals surface area contributed by atoms with Crippen LogP contribution in [0.15, 0.2) is 40.1 Å². The zero-order valence-corrected chi connectivity index (χ0v) is 14.6. The highest BCUT2D eigenvalue weighted by Crippen LogP contribution is 2.30. The van der Waals surface area contributed by atoms with E-state index in [9.17, 15) is 14.4 Å². The van der Waals surface area contributed by atoms with Crippen molar-refractivity contribution in [2.75, 3.05) is 0 Å². The molecule has 2 heterocycles. The lowest BCUT2D eigenvalue weighted by molar-refractivity contribution is 0.0972. The number of aromatic nitrogens is 2. The Balaban J connectivity index is 2.09. The van der Waals surface area contributed by atoms with Crippen molar-refractivity contribution in [1.29, 1.82) is 5.26 Å². The molecule has 7 heteroatoms. The van der Waals surface area contributed by atoms with Gasteiger partial charge in [0.2, 0.25) is 0 Å². The van der Waals surface area contributed by atoms with Crippen molar-refractivity contribution in [3.63, 3.8) is 0 Å². The van der Waals surface area contributed by atoms with Crippen LogP contribution in [0.5, 0.6) is 0 Å². The monoisotopic (exact) mass is 353 g/mol. The summed E-state index contributed by atoms with van der Waals surface area (Å²) < 4.78 is 3.08. The van der Waals surface area contributed by atoms with Crippen molar-refractivity contribution < 1.29 is 4.79 Å². The van der Waals surface area contributed by atoms with Crippen LogP contribution in [0.4, 0.5) is 0 Å². The fourth-order valence-corrected chi connectivity index (χ4v) is 3.89. The standard InChI is InChI=1S/C18H15N3O3S/c1-3-20-9-12(8-19)17(23)21(18(20)24)10-14(22)16-11(2)13-6-4-5-7-15(13)25-16/h4-7,9H,3,10H2,1-2H3. The van der Waals surface area contributed by atoms with Crippen LogP contribution in [-0.4, -0.2) is 14.9 Å². The minimum absolute atomic E-state index is 0.151. The summed E-state index contributed by atoms with van der Waals surface area (Å²) in [6.45, 7) is 3.52. The third kappa shape index (κ3) is 2.81. The lowest BCUT2D eigenvalue weighted by Crippen LogP contribution is -2.42. The normalized spacial score (nSPS) is 10.8. The van der Waals surface area contributed by atoms with Crippen LogP contribution >= 0.6 is 11.3 Å². The van der Waals surface area contributed by atoms with Gasteiger partial charge in [-0.05, 0) is 30.9 Å². The first kappa shape index (κ1) is 16.9. The lowest BCUT2D eigenvalue weighted by Gasteiger charge is -2.08. The van der Waals surface area contributed by atoms with Gasteiger partial charge in [0.25, 0.3) is 5.56 Å². The summed E-state index contributed by atoms with van der Waals surface area (Å²) in [5, 5.41) is 10.1. The third-order valence-electron chi connectivity index (χ3n) is 4.10. The van der Waals surface area contributed by atoms with Gasteiger partial charge in [0.05, 0.1) is 11.4 Å². The molecule has 0 bridgehead atoms. The van der Waals surface area contributed by atoms with Gasteiger partial charge in [0, 0.05) is 17.4 Å². The zero-order chi connectivity index (χ0) is 18.1. The van der Waals surface area contributed by atoms with Crippen LogP contribution in [0, 0.1) is 18.3 Å². The van der Waals surface area contributed by atoms with E-state index >= 15 is 0 Å². The molecule has 0 saturated carbocycles. The smallest absolute Gasteiger partial charge is 0.299 e. The number of carbonyl (C=O) groups excluding carboxylic acids is 1. The van der Waals surface area contributed by atoms with Crippen molar-refractivity contribution in [2.45, 2.75) is 26.9 Å². The van der Waals surface area contributed by atoms with E-state index in [0.717, 1.165) is 20.2 Å². The summed E-state index contributed by atoms with van der Waals surface area (Å²) in [5.74, 6) is -0.310. The maximum absolute atomic E-state index is 12.7. The Kier molecular flexibility index (Phi) is 4.38. The molecule has 126 valence electrons. The highest BCUT2D eigenvalue weighted by Gasteiger charge is 2.19. The molecule has 0 saturated heterocycles. The summed E-state index contributed by atoms with van der Waals surface area (Å²) in [4.78, 5) is 37.9. The maximum Gasteiger partial charge on any atom is 0.331 e. The Bertz CT molecular complexity index is 1150. The zero-order valence-electron chi connectivity index (χ0n) is 13.8. The number of fused-ring (bicyclic) bond motifs is 1. The topological polar surface area (TPSA) is 84.9 Å². The number of thiophene rings is 1. The second kappa shape index (κ2) is 6.49. The summed E-state index contributed by atoms with van der Waals surface area (Å²) in [5.41, 5.74) is -0.629. The molecule has 0 fully saturated rings. The fourth-order valence-electron chi connectivity index (χ4n) is 2.75. The largest absolute Gasteiger partial charge is 0.331 e. The van der Waals surface area contributed by atoms with Crippen molar-refractivity contribution >= 4 is 27.2 Å². The SMILES string of the molecule is CCn1cc(C#N)c(=O)n(CC(=O)c2sc3ccccc3c2C)c1=O. The first-order valence-electron chi connectivity index (χ1n) is 7.73. The van der Waals surface area contributed by atoms with Crippen molar-refractivity contribution in [3.05, 3.63) is 67.3 Å². The number of nitrogens with zero attached hydrogens (tertiary/aromatic N) is 3. The Labute approximate surface area is 147 Å². The summed E-state index contributed by atoms with van der Waals surface area (Å²) in [6.07, 6.45) is 1.23. The number of hydrogen-bond acceptors (Lipinski definition) is 5. The van der Waals surface area contributed by atoms with Gasteiger partial charge in [-0.15, -0.1) is 11.3 Å². The highest BCUT2D eigenvalue weighted by atomic mass is 32.1. The summed E-state index contributed by atoms with van der Waals surface area (Å²) in [6, 6.07) is 9.44. The molecule has 0 N–H and O–H groups in total. The first-order valence-corrected chi connectivity index (χ1v) is 8.55. The molecule has 0 aliphatic heterocycles. The molecular formula is C18H15N3O3S. The summed E-state index contributed by atoms with van der Waals surface area (Å²) in [7, 11) is 0. The molecule has 3 aromatic rings. The fraction of sp³-hybridized carbons (Fsp3) is 0.222. The Hall–Kier alpha value is -2.98. The Morgan fingerprint density at radius 3 is 2.64 bits per heavy atom. The molecule has 0 amide bonds. The van der Waals surface area contributed by atoms with Crippen molar-refractivity contribution in [2.24, 2.45) is 0 Å². The Morgan fingerprint density at radius 1 is 1.28 bits per heavy atom. The summed E-state index contributed by atoms with van der Waals surface area (Å²) >= 11 is 1.34. The van der Waals surface area contributed by atoms with Gasteiger partial charge in [-0.3, -0.25) is 18.7 Å². The van der Waals surface area contributed by atoms with E-state index in [1.54, 1.807) is 13.0 Å². The minimum Gasteiger partial charge on any atom is -0.299 e. The number of benzene rings is 1. The molecule has 0 aliphatic carbocycles. The molecule has 25 heavy (non-hydrogen) atoms. The number of nitriles is 1. The van der Waals surface area contributed by atoms with Gasteiger partial charge >= 0.3 is 5.69 Å². The quantitative estimate of drug-likeness (QED) is 0.674. The van der Waals surface area contributed by atoms with Crippen LogP contribution in [0.1, 0.15) is 27.7 Å². The number of rotatable bonds is 4. The number of Topliss-reactive ketones (excluding diaryl/α,β-unsaturated/α-hetero) is 1. The molecular weight excluding hydrogens is 338 g/mol. The number of ketones is 1. The van der Waals surface area contributed by atoms with Gasteiger partial charge in [-0.2, -0.15) is 5.26 Å². The van der Waals surface area contributed by atoms with E-state index in [4.69, 9.17) is 5.26 Å². The van der Waals surface area contributed by atoms with E-state index < -0.39 is 11.2 Å². The third-order valence-corrected chi connectivity index (χ3v) is 5.41. The molecule has 0 atom stereocenters. The molecule has 0 aliphatic rings. The van der Waals surface area contributed by atoms with E-state index in [2.05, 4.69) is 0 Å². The van der Waals surface area contributed by atoms with Gasteiger partial charge in [0.1, 0.15) is 11.6 Å². The molecule has 3 rings (SSSR count). The van der Waals surface area contributed by atoms with E-state index in [0.29, 0.717) is 11.4 Å². The van der Waals surface area contributed by atoms with Crippen LogP contribution in [-0.2, 0) is 13.1 Å². The molecule has 1 aromatic carbocycles. The molecule has 2 aromatic heterocycles. The maximum atomic E-state index is 12.7. The lowest BCUT2D eigenvalue weighted by atomic mass is 10.1. The molecule has 6 nitrogen and oxygen atoms in total. The van der Waals surface area contributed by atoms with Gasteiger partial charge < -0.3 is 0 Å². The van der Waals surface area contributed by atoms with Gasteiger partial charge in [-0.25, -0.2) is 4.79 Å². The predicted octanol–water partition coefficient (Wildman–Crippen LogP) is 2.31. The second-order valence-corrected chi connectivity index (χ2v) is 6.64. The van der Waals surface area contributed by atoms with Crippen LogP contribution in [0.3, 0.4) is 0 Å². The van der Waals surface area contributed by atoms with E-state index in [1.165, 1.54) is 22.1 Å². The second-order valence-electron chi connectivity index (χ2n) is 5.59. The van der Waals surface area contributed by atoms with Gasteiger partial charge in [0.15, 0.2) is 5.78 Å². The van der Waals surface area contributed by atoms with Crippen molar-refractivity contribution in [3.8, 4) is 6.07 Å². The molecule has 0 radical (unpaired) electrons. The molecule has 0 unspecified atom stereocenters. The molecule has 0 spiro atoms. The van der Waals surface area contributed by atoms with Crippen LogP contribution in [0.2, 0.25) is 0 Å². The minimum atomic E-state index is -0.732. The average molecular weight is 353 g/mol. The predicted molar refractivity (Wildman–Crippen MR) is 96.2 cm³/mol. The van der Waals surface area contributed by atoms with E-state index in [1.807, 2.05) is 31.2 Å². The number of aryl methyl sites for hydroxylation is 2. The van der Waals surface area contributed by atoms with Gasteiger partial charge in [-0.1, -0.05) is 18.2 Å². The average Bonchev–Trinajstić information content (AvgIpc) is 2.96. The highest BCUT2D eigenvalue weighted by molar-refractivity contribution is 7.21. The van der Waals surface area contributed by atoms with E-state index in [-0.39, 0.29) is 17.9 Å². The first-order chi connectivity index (χ1) is 12.0. The van der Waals surface area contributed by atoms with Crippen LogP contribution < -0.4 is 11.2 Å². The Morgan fingerprint density at radius 2 is 2.00 bits per heavy atom. The van der Waals surface area contributed by atoms with Crippen LogP contribution in [0.25, 0.3) is 10.1 Å². The number of carbonyl (C=O) groups is 1. The number of hydrogen-bond donors (Lipinski definition) is 0.